The molecule has 1 saturated heterocycles. The Morgan fingerprint density at radius 1 is 1.02 bits per heavy atom. The average Bonchev–Trinajstić information content (AvgIpc) is 3.86. The molecule has 4 aromatic heterocycles. The second-order valence-electron chi connectivity index (χ2n) is 11.9. The van der Waals surface area contributed by atoms with Crippen molar-refractivity contribution in [2.75, 3.05) is 44.2 Å². The van der Waals surface area contributed by atoms with Crippen LogP contribution in [0.2, 0.25) is 5.15 Å². The number of fused-ring (bicyclic) bond motifs is 1. The quantitative estimate of drug-likeness (QED) is 0.244. The molecule has 2 aliphatic heterocycles. The number of aryl methyl sites for hydroxylation is 1. The number of carbonyl (C=O) groups is 2. The van der Waals surface area contributed by atoms with Gasteiger partial charge >= 0.3 is 0 Å². The summed E-state index contributed by atoms with van der Waals surface area (Å²) >= 11 is 5.97. The molecule has 0 bridgehead atoms. The van der Waals surface area contributed by atoms with Gasteiger partial charge in [-0.25, -0.2) is 15.0 Å². The number of rotatable bonds is 8. The Kier molecular flexibility index (Phi) is 8.52. The van der Waals surface area contributed by atoms with Crippen LogP contribution in [0.3, 0.4) is 0 Å². The maximum Gasteiger partial charge on any atom is 0.237 e. The van der Waals surface area contributed by atoms with Crippen LogP contribution < -0.4 is 4.90 Å². The maximum atomic E-state index is 13.8. The monoisotopic (exact) mass is 650 g/mol. The van der Waals surface area contributed by atoms with Crippen molar-refractivity contribution in [3.63, 3.8) is 0 Å². The SMILES string of the molecule is CCN(C(=O)[C@@H]1CCN(CC(=O)N2CC=C(c3ccc(-c4ncn(C)n4)cc3)CC2)C1)c1ccc2[nH]nc(-c3ccc(Cl)nc3)c2n1. The number of nitrogens with one attached hydrogen (secondary N) is 1. The Labute approximate surface area is 277 Å². The fraction of sp³-hybridized carbons (Fsp3) is 0.324. The zero-order valence-corrected chi connectivity index (χ0v) is 27.1. The minimum atomic E-state index is -0.207. The summed E-state index contributed by atoms with van der Waals surface area (Å²) in [6.07, 6.45) is 6.99. The second kappa shape index (κ2) is 13.0. The summed E-state index contributed by atoms with van der Waals surface area (Å²) in [4.78, 5) is 46.1. The van der Waals surface area contributed by atoms with Crippen LogP contribution in [0, 0.1) is 5.92 Å². The van der Waals surface area contributed by atoms with Gasteiger partial charge in [0.05, 0.1) is 18.0 Å². The molecular formula is C34H35ClN10O2. The van der Waals surface area contributed by atoms with Gasteiger partial charge < -0.3 is 4.90 Å². The molecule has 13 heteroatoms. The number of likely N-dealkylation sites (tertiary alicyclic amines) is 1. The van der Waals surface area contributed by atoms with Gasteiger partial charge in [0.15, 0.2) is 5.82 Å². The first-order valence-corrected chi connectivity index (χ1v) is 16.2. The third kappa shape index (κ3) is 6.38. The lowest BCUT2D eigenvalue weighted by Gasteiger charge is -2.29. The lowest BCUT2D eigenvalue weighted by Crippen LogP contribution is -2.42. The zero-order chi connectivity index (χ0) is 32.5. The number of H-pyrrole nitrogens is 1. The third-order valence-corrected chi connectivity index (χ3v) is 9.13. The van der Waals surface area contributed by atoms with Crippen molar-refractivity contribution in [3.05, 3.63) is 77.8 Å². The molecule has 7 rings (SSSR count). The van der Waals surface area contributed by atoms with E-state index in [1.54, 1.807) is 28.2 Å². The number of aromatic amines is 1. The van der Waals surface area contributed by atoms with Crippen LogP contribution in [0.1, 0.15) is 25.3 Å². The number of aromatic nitrogens is 7. The summed E-state index contributed by atoms with van der Waals surface area (Å²) in [6, 6.07) is 15.5. The van der Waals surface area contributed by atoms with Crippen molar-refractivity contribution in [2.45, 2.75) is 19.8 Å². The predicted octanol–water partition coefficient (Wildman–Crippen LogP) is 4.46. The lowest BCUT2D eigenvalue weighted by molar-refractivity contribution is -0.132. The molecule has 1 fully saturated rings. The predicted molar refractivity (Wildman–Crippen MR) is 180 cm³/mol. The van der Waals surface area contributed by atoms with Crippen molar-refractivity contribution in [2.24, 2.45) is 13.0 Å². The topological polar surface area (TPSA) is 129 Å². The van der Waals surface area contributed by atoms with Gasteiger partial charge in [-0.3, -0.25) is 29.2 Å². The summed E-state index contributed by atoms with van der Waals surface area (Å²) in [5.74, 6) is 1.18. The number of halogens is 1. The van der Waals surface area contributed by atoms with E-state index in [1.807, 2.05) is 49.2 Å². The molecule has 0 radical (unpaired) electrons. The number of hydrogen-bond donors (Lipinski definition) is 1. The van der Waals surface area contributed by atoms with Crippen molar-refractivity contribution < 1.29 is 9.59 Å². The minimum absolute atomic E-state index is 0.0166. The molecule has 0 saturated carbocycles. The molecule has 5 aromatic rings. The first kappa shape index (κ1) is 30.7. The molecule has 12 nitrogen and oxygen atoms in total. The van der Waals surface area contributed by atoms with Crippen molar-refractivity contribution in [1.82, 2.24) is 44.7 Å². The molecule has 1 aromatic carbocycles. The molecule has 2 amide bonds. The summed E-state index contributed by atoms with van der Waals surface area (Å²) in [5, 5.41) is 12.2. The number of nitrogens with zero attached hydrogens (tertiary/aromatic N) is 9. The largest absolute Gasteiger partial charge is 0.338 e. The molecule has 0 aliphatic carbocycles. The summed E-state index contributed by atoms with van der Waals surface area (Å²) in [6.45, 7) is 5.23. The van der Waals surface area contributed by atoms with Gasteiger partial charge in [-0.1, -0.05) is 41.9 Å². The molecule has 1 N–H and O–H groups in total. The Morgan fingerprint density at radius 2 is 1.83 bits per heavy atom. The Hall–Kier alpha value is -4.94. The summed E-state index contributed by atoms with van der Waals surface area (Å²) in [5.41, 5.74) is 6.22. The van der Waals surface area contributed by atoms with E-state index in [9.17, 15) is 9.59 Å². The molecule has 2 aliphatic rings. The molecule has 1 atom stereocenters. The van der Waals surface area contributed by atoms with Gasteiger partial charge in [-0.15, -0.1) is 0 Å². The number of anilines is 1. The van der Waals surface area contributed by atoms with Gasteiger partial charge in [-0.05, 0) is 61.7 Å². The van der Waals surface area contributed by atoms with E-state index in [2.05, 4.69) is 48.4 Å². The molecule has 240 valence electrons. The number of hydrogen-bond acceptors (Lipinski definition) is 8. The number of pyridine rings is 2. The Morgan fingerprint density at radius 3 is 2.53 bits per heavy atom. The van der Waals surface area contributed by atoms with E-state index in [4.69, 9.17) is 16.6 Å². The Bertz CT molecular complexity index is 1950. The van der Waals surface area contributed by atoms with Crippen molar-refractivity contribution >= 4 is 45.8 Å². The maximum absolute atomic E-state index is 13.8. The first-order chi connectivity index (χ1) is 22.9. The van der Waals surface area contributed by atoms with Crippen molar-refractivity contribution in [3.8, 4) is 22.6 Å². The number of carbonyl (C=O) groups excluding carboxylic acids is 2. The van der Waals surface area contributed by atoms with Crippen LogP contribution in [-0.2, 0) is 16.6 Å². The van der Waals surface area contributed by atoms with Crippen LogP contribution in [0.15, 0.2) is 67.1 Å². The van der Waals surface area contributed by atoms with Crippen LogP contribution >= 0.6 is 11.6 Å². The molecule has 0 spiro atoms. The number of benzene rings is 1. The van der Waals surface area contributed by atoms with Crippen LogP contribution in [0.25, 0.3) is 39.3 Å². The first-order valence-electron chi connectivity index (χ1n) is 15.8. The van der Waals surface area contributed by atoms with Crippen molar-refractivity contribution in [1.29, 1.82) is 0 Å². The fourth-order valence-electron chi connectivity index (χ4n) is 6.34. The normalized spacial score (nSPS) is 16.9. The van der Waals surface area contributed by atoms with E-state index in [0.717, 1.165) is 28.6 Å². The van der Waals surface area contributed by atoms with E-state index in [-0.39, 0.29) is 17.7 Å². The lowest BCUT2D eigenvalue weighted by atomic mass is 9.98. The second-order valence-corrected chi connectivity index (χ2v) is 12.3. The highest BCUT2D eigenvalue weighted by atomic mass is 35.5. The van der Waals surface area contributed by atoms with Gasteiger partial charge in [-0.2, -0.15) is 10.2 Å². The zero-order valence-electron chi connectivity index (χ0n) is 26.3. The van der Waals surface area contributed by atoms with E-state index >= 15 is 0 Å². The Balaban J connectivity index is 0.955. The highest BCUT2D eigenvalue weighted by Crippen LogP contribution is 2.29. The van der Waals surface area contributed by atoms with E-state index < -0.39 is 0 Å². The smallest absolute Gasteiger partial charge is 0.237 e. The van der Waals surface area contributed by atoms with Gasteiger partial charge in [0, 0.05) is 50.6 Å². The van der Waals surface area contributed by atoms with Crippen LogP contribution in [-0.4, -0.2) is 95.8 Å². The average molecular weight is 651 g/mol. The standard InChI is InChI=1S/C34H35ClN10O2/c1-3-45(29-11-9-27-32(38-29)31(40-39-27)25-8-10-28(35)36-18-25)34(47)26-12-15-43(19-26)20-30(46)44-16-13-23(14-17-44)22-4-6-24(7-5-22)33-37-21-42(2)41-33/h4-11,13,18,21,26H,3,12,14-17,19-20H2,1-2H3,(H,39,40)/t26-/m1/s1. The fourth-order valence-corrected chi connectivity index (χ4v) is 6.45. The highest BCUT2D eigenvalue weighted by molar-refractivity contribution is 6.29. The highest BCUT2D eigenvalue weighted by Gasteiger charge is 2.34. The minimum Gasteiger partial charge on any atom is -0.338 e. The van der Waals surface area contributed by atoms with Gasteiger partial charge in [0.2, 0.25) is 11.8 Å². The van der Waals surface area contributed by atoms with Gasteiger partial charge in [0.25, 0.3) is 0 Å². The van der Waals surface area contributed by atoms with E-state index in [1.165, 1.54) is 5.57 Å². The van der Waals surface area contributed by atoms with Crippen LogP contribution in [0.5, 0.6) is 0 Å². The van der Waals surface area contributed by atoms with Crippen LogP contribution in [0.4, 0.5) is 5.82 Å². The molecule has 6 heterocycles. The molecular weight excluding hydrogens is 616 g/mol. The molecule has 47 heavy (non-hydrogen) atoms. The van der Waals surface area contributed by atoms with E-state index in [0.29, 0.717) is 73.7 Å². The summed E-state index contributed by atoms with van der Waals surface area (Å²) in [7, 11) is 1.85. The third-order valence-electron chi connectivity index (χ3n) is 8.91. The number of amides is 2. The summed E-state index contributed by atoms with van der Waals surface area (Å²) < 4.78 is 1.69. The molecule has 0 unspecified atom stereocenters. The van der Waals surface area contributed by atoms with Gasteiger partial charge in [0.1, 0.15) is 28.5 Å².